The van der Waals surface area contributed by atoms with Crippen molar-refractivity contribution in [2.24, 2.45) is 0 Å². The molecule has 1 N–H and O–H groups in total. The molecule has 1 aromatic carbocycles. The van der Waals surface area contributed by atoms with Gasteiger partial charge in [0.05, 0.1) is 19.0 Å². The number of ether oxygens (including phenoxy) is 1. The van der Waals surface area contributed by atoms with Crippen molar-refractivity contribution in [1.82, 2.24) is 15.3 Å². The van der Waals surface area contributed by atoms with Gasteiger partial charge in [-0.25, -0.2) is 0 Å². The second kappa shape index (κ2) is 7.42. The lowest BCUT2D eigenvalue weighted by atomic mass is 10.2. The van der Waals surface area contributed by atoms with Gasteiger partial charge >= 0.3 is 0 Å². The fourth-order valence-corrected chi connectivity index (χ4v) is 2.50. The van der Waals surface area contributed by atoms with Gasteiger partial charge < -0.3 is 15.0 Å². The van der Waals surface area contributed by atoms with Crippen molar-refractivity contribution < 1.29 is 4.74 Å². The van der Waals surface area contributed by atoms with Crippen LogP contribution < -0.4 is 15.0 Å². The molecule has 0 saturated carbocycles. The van der Waals surface area contributed by atoms with Crippen molar-refractivity contribution in [2.75, 3.05) is 37.7 Å². The van der Waals surface area contributed by atoms with E-state index in [0.717, 1.165) is 43.4 Å². The van der Waals surface area contributed by atoms with Crippen molar-refractivity contribution in [3.8, 4) is 5.88 Å². The van der Waals surface area contributed by atoms with E-state index in [2.05, 4.69) is 20.2 Å². The first-order valence-corrected chi connectivity index (χ1v) is 7.84. The molecule has 1 aromatic heterocycles. The largest absolute Gasteiger partial charge is 0.476 e. The van der Waals surface area contributed by atoms with E-state index in [-0.39, 0.29) is 0 Å². The van der Waals surface area contributed by atoms with Gasteiger partial charge in [-0.1, -0.05) is 23.7 Å². The smallest absolute Gasteiger partial charge is 0.234 e. The Hall–Kier alpha value is -1.85. The average Bonchev–Trinajstić information content (AvgIpc) is 2.58. The third-order valence-corrected chi connectivity index (χ3v) is 3.85. The maximum Gasteiger partial charge on any atom is 0.234 e. The van der Waals surface area contributed by atoms with E-state index < -0.39 is 0 Å². The highest BCUT2D eigenvalue weighted by molar-refractivity contribution is 6.30. The quantitative estimate of drug-likeness (QED) is 0.915. The van der Waals surface area contributed by atoms with Crippen LogP contribution in [-0.4, -0.2) is 42.8 Å². The summed E-state index contributed by atoms with van der Waals surface area (Å²) < 4.78 is 5.72. The lowest BCUT2D eigenvalue weighted by molar-refractivity contribution is 0.308. The number of nitrogens with zero attached hydrogens (tertiary/aromatic N) is 3. The van der Waals surface area contributed by atoms with Crippen LogP contribution in [0.3, 0.4) is 0 Å². The molecule has 0 spiro atoms. The van der Waals surface area contributed by atoms with Crippen LogP contribution in [0.1, 0.15) is 5.56 Å². The molecule has 1 saturated heterocycles. The molecule has 22 heavy (non-hydrogen) atoms. The number of halogens is 1. The van der Waals surface area contributed by atoms with Gasteiger partial charge in [-0.3, -0.25) is 4.98 Å². The van der Waals surface area contributed by atoms with E-state index >= 15 is 0 Å². The van der Waals surface area contributed by atoms with E-state index in [1.54, 1.807) is 12.4 Å². The second-order valence-corrected chi connectivity index (χ2v) is 5.61. The summed E-state index contributed by atoms with van der Waals surface area (Å²) in [4.78, 5) is 11.0. The number of hydrogen-bond donors (Lipinski definition) is 1. The van der Waals surface area contributed by atoms with Crippen LogP contribution >= 0.6 is 11.6 Å². The molecule has 2 heterocycles. The number of anilines is 1. The molecule has 0 amide bonds. The Morgan fingerprint density at radius 3 is 2.68 bits per heavy atom. The van der Waals surface area contributed by atoms with Gasteiger partial charge in [-0.2, -0.15) is 4.98 Å². The normalized spacial score (nSPS) is 14.9. The summed E-state index contributed by atoms with van der Waals surface area (Å²) in [5.74, 6) is 1.45. The summed E-state index contributed by atoms with van der Waals surface area (Å²) in [5, 5.41) is 4.07. The molecule has 2 aromatic rings. The summed E-state index contributed by atoms with van der Waals surface area (Å²) >= 11 is 5.87. The van der Waals surface area contributed by atoms with Crippen LogP contribution in [0.25, 0.3) is 0 Å². The Morgan fingerprint density at radius 2 is 1.91 bits per heavy atom. The van der Waals surface area contributed by atoms with Crippen molar-refractivity contribution in [3.63, 3.8) is 0 Å². The topological polar surface area (TPSA) is 50.3 Å². The molecule has 0 unspecified atom stereocenters. The van der Waals surface area contributed by atoms with Crippen LogP contribution in [0.2, 0.25) is 5.02 Å². The van der Waals surface area contributed by atoms with E-state index in [9.17, 15) is 0 Å². The second-order valence-electron chi connectivity index (χ2n) is 5.18. The molecular formula is C16H19ClN4O. The number of rotatable bonds is 5. The van der Waals surface area contributed by atoms with Crippen LogP contribution in [0, 0.1) is 0 Å². The lowest BCUT2D eigenvalue weighted by Crippen LogP contribution is -2.43. The monoisotopic (exact) mass is 318 g/mol. The van der Waals surface area contributed by atoms with E-state index in [0.29, 0.717) is 12.5 Å². The van der Waals surface area contributed by atoms with Crippen LogP contribution in [0.5, 0.6) is 5.88 Å². The first kappa shape index (κ1) is 15.1. The Balaban J connectivity index is 1.55. The Kier molecular flexibility index (Phi) is 5.08. The maximum atomic E-state index is 5.87. The highest BCUT2D eigenvalue weighted by Crippen LogP contribution is 2.15. The molecular weight excluding hydrogens is 300 g/mol. The number of hydrogen-bond acceptors (Lipinski definition) is 5. The zero-order chi connectivity index (χ0) is 15.2. The Morgan fingerprint density at radius 1 is 1.14 bits per heavy atom. The molecule has 6 heteroatoms. The predicted octanol–water partition coefficient (Wildman–Crippen LogP) is 2.16. The van der Waals surface area contributed by atoms with E-state index in [1.807, 2.05) is 24.3 Å². The number of benzene rings is 1. The first-order chi connectivity index (χ1) is 10.8. The number of aromatic nitrogens is 2. The van der Waals surface area contributed by atoms with E-state index in [4.69, 9.17) is 16.3 Å². The molecule has 1 aliphatic rings. The molecule has 3 rings (SSSR count). The van der Waals surface area contributed by atoms with Crippen molar-refractivity contribution >= 4 is 17.4 Å². The van der Waals surface area contributed by atoms with Gasteiger partial charge in [0.2, 0.25) is 5.88 Å². The van der Waals surface area contributed by atoms with Gasteiger partial charge in [0.15, 0.2) is 5.82 Å². The SMILES string of the molecule is Clc1ccc(CCOc2cncc(N3CCNCC3)n2)cc1. The summed E-state index contributed by atoms with van der Waals surface area (Å²) in [7, 11) is 0. The minimum Gasteiger partial charge on any atom is -0.476 e. The minimum atomic E-state index is 0.571. The third kappa shape index (κ3) is 4.08. The number of piperazine rings is 1. The lowest BCUT2D eigenvalue weighted by Gasteiger charge is -2.28. The third-order valence-electron chi connectivity index (χ3n) is 3.59. The van der Waals surface area contributed by atoms with Gasteiger partial charge in [-0.15, -0.1) is 0 Å². The molecule has 116 valence electrons. The van der Waals surface area contributed by atoms with Crippen LogP contribution in [0.15, 0.2) is 36.7 Å². The molecule has 1 fully saturated rings. The standard InChI is InChI=1S/C16H19ClN4O/c17-14-3-1-13(2-4-14)5-10-22-16-12-19-11-15(20-16)21-8-6-18-7-9-21/h1-4,11-12,18H,5-10H2. The average molecular weight is 319 g/mol. The fourth-order valence-electron chi connectivity index (χ4n) is 2.38. The Labute approximate surface area is 135 Å². The highest BCUT2D eigenvalue weighted by atomic mass is 35.5. The van der Waals surface area contributed by atoms with Crippen molar-refractivity contribution in [2.45, 2.75) is 6.42 Å². The molecule has 1 aliphatic heterocycles. The van der Waals surface area contributed by atoms with Crippen LogP contribution in [0.4, 0.5) is 5.82 Å². The summed E-state index contributed by atoms with van der Waals surface area (Å²) in [5.41, 5.74) is 1.19. The van der Waals surface area contributed by atoms with Gasteiger partial charge in [0.25, 0.3) is 0 Å². The van der Waals surface area contributed by atoms with Crippen molar-refractivity contribution in [3.05, 3.63) is 47.2 Å². The molecule has 0 aliphatic carbocycles. The molecule has 0 bridgehead atoms. The number of nitrogens with one attached hydrogen (secondary N) is 1. The zero-order valence-electron chi connectivity index (χ0n) is 12.3. The van der Waals surface area contributed by atoms with Crippen LogP contribution in [-0.2, 0) is 6.42 Å². The summed E-state index contributed by atoms with van der Waals surface area (Å²) in [6, 6.07) is 7.80. The fraction of sp³-hybridized carbons (Fsp3) is 0.375. The Bertz CT molecular complexity index is 599. The molecule has 0 radical (unpaired) electrons. The summed E-state index contributed by atoms with van der Waals surface area (Å²) in [6.45, 7) is 4.42. The molecule has 5 nitrogen and oxygen atoms in total. The summed E-state index contributed by atoms with van der Waals surface area (Å²) in [6.07, 6.45) is 4.27. The van der Waals surface area contributed by atoms with E-state index in [1.165, 1.54) is 5.56 Å². The van der Waals surface area contributed by atoms with Gasteiger partial charge in [0, 0.05) is 37.6 Å². The first-order valence-electron chi connectivity index (χ1n) is 7.46. The highest BCUT2D eigenvalue weighted by Gasteiger charge is 2.12. The zero-order valence-corrected chi connectivity index (χ0v) is 13.1. The molecule has 0 atom stereocenters. The minimum absolute atomic E-state index is 0.571. The van der Waals surface area contributed by atoms with Crippen molar-refractivity contribution in [1.29, 1.82) is 0 Å². The van der Waals surface area contributed by atoms with Gasteiger partial charge in [0.1, 0.15) is 0 Å². The maximum absolute atomic E-state index is 5.87. The van der Waals surface area contributed by atoms with Gasteiger partial charge in [-0.05, 0) is 17.7 Å². The predicted molar refractivity (Wildman–Crippen MR) is 87.8 cm³/mol.